The average molecular weight is 343 g/mol. The van der Waals surface area contributed by atoms with E-state index >= 15 is 0 Å². The van der Waals surface area contributed by atoms with Gasteiger partial charge in [0.15, 0.2) is 11.6 Å². The molecule has 0 bridgehead atoms. The van der Waals surface area contributed by atoms with Crippen LogP contribution in [-0.4, -0.2) is 18.2 Å². The van der Waals surface area contributed by atoms with E-state index in [4.69, 9.17) is 4.84 Å². The van der Waals surface area contributed by atoms with E-state index in [9.17, 15) is 9.59 Å². The van der Waals surface area contributed by atoms with Crippen LogP contribution in [0.2, 0.25) is 0 Å². The quantitative estimate of drug-likeness (QED) is 0.435. The molecule has 1 aliphatic rings. The van der Waals surface area contributed by atoms with Gasteiger partial charge in [0, 0.05) is 12.8 Å². The second-order valence-electron chi connectivity index (χ2n) is 6.58. The van der Waals surface area contributed by atoms with Crippen molar-refractivity contribution in [1.29, 1.82) is 0 Å². The number of hydroxylamine groups is 1. The van der Waals surface area contributed by atoms with Crippen molar-refractivity contribution >= 4 is 11.6 Å². The summed E-state index contributed by atoms with van der Waals surface area (Å²) in [7, 11) is 0. The normalized spacial score (nSPS) is 17.7. The first kappa shape index (κ1) is 19.4. The summed E-state index contributed by atoms with van der Waals surface area (Å²) in [6.45, 7) is 6.52. The third-order valence-corrected chi connectivity index (χ3v) is 4.55. The first-order valence-corrected chi connectivity index (χ1v) is 9.36. The van der Waals surface area contributed by atoms with Crippen molar-refractivity contribution in [1.82, 2.24) is 5.48 Å². The molecule has 25 heavy (non-hydrogen) atoms. The molecule has 0 atom stereocenters. The van der Waals surface area contributed by atoms with Crippen LogP contribution in [0.5, 0.6) is 0 Å². The highest BCUT2D eigenvalue weighted by molar-refractivity contribution is 6.22. The smallest absolute Gasteiger partial charge is 0.168 e. The molecule has 1 saturated carbocycles. The summed E-state index contributed by atoms with van der Waals surface area (Å²) in [5.74, 6) is -0.168. The monoisotopic (exact) mass is 343 g/mol. The van der Waals surface area contributed by atoms with Crippen LogP contribution in [-0.2, 0) is 20.8 Å². The Bertz CT molecular complexity index is 611. The predicted molar refractivity (Wildman–Crippen MR) is 99.1 cm³/mol. The molecule has 1 aromatic carbocycles. The van der Waals surface area contributed by atoms with E-state index in [1.165, 1.54) is 5.56 Å². The Balaban J connectivity index is 2.17. The summed E-state index contributed by atoms with van der Waals surface area (Å²) < 4.78 is 0. The number of rotatable bonds is 8. The van der Waals surface area contributed by atoms with Crippen molar-refractivity contribution in [3.05, 3.63) is 46.7 Å². The second kappa shape index (κ2) is 9.52. The SMILES string of the molecule is CCCC(NOCC)=C1C(=O)CC(c2ccc(CCC)cc2)CC1=O. The molecule has 4 nitrogen and oxygen atoms in total. The van der Waals surface area contributed by atoms with Crippen LogP contribution in [0.1, 0.15) is 69.9 Å². The van der Waals surface area contributed by atoms with Crippen molar-refractivity contribution < 1.29 is 14.4 Å². The van der Waals surface area contributed by atoms with E-state index in [0.717, 1.165) is 24.8 Å². The van der Waals surface area contributed by atoms with E-state index in [-0.39, 0.29) is 17.5 Å². The molecule has 0 spiro atoms. The van der Waals surface area contributed by atoms with Crippen molar-refractivity contribution in [2.75, 3.05) is 6.61 Å². The molecule has 136 valence electrons. The van der Waals surface area contributed by atoms with Crippen molar-refractivity contribution in [2.24, 2.45) is 0 Å². The van der Waals surface area contributed by atoms with Crippen LogP contribution in [0, 0.1) is 0 Å². The molecular formula is C21H29NO3. The summed E-state index contributed by atoms with van der Waals surface area (Å²) in [6, 6.07) is 8.35. The number of allylic oxidation sites excluding steroid dienone is 2. The molecular weight excluding hydrogens is 314 g/mol. The van der Waals surface area contributed by atoms with Crippen LogP contribution in [0.25, 0.3) is 0 Å². The minimum atomic E-state index is -0.0745. The molecule has 0 aromatic heterocycles. The standard InChI is InChI=1S/C21H29NO3/c1-4-7-15-9-11-16(12-10-15)17-13-19(23)21(20(24)14-17)18(8-5-2)22-25-6-3/h9-12,17,22H,4-8,13-14H2,1-3H3. The van der Waals surface area contributed by atoms with Gasteiger partial charge in [0.1, 0.15) is 0 Å². The summed E-state index contributed by atoms with van der Waals surface area (Å²) in [4.78, 5) is 30.6. The fourth-order valence-corrected chi connectivity index (χ4v) is 3.33. The lowest BCUT2D eigenvalue weighted by molar-refractivity contribution is -0.124. The van der Waals surface area contributed by atoms with Crippen LogP contribution < -0.4 is 5.48 Å². The largest absolute Gasteiger partial charge is 0.294 e. The minimum Gasteiger partial charge on any atom is -0.294 e. The first-order valence-electron chi connectivity index (χ1n) is 9.36. The fraction of sp³-hybridized carbons (Fsp3) is 0.524. The van der Waals surface area contributed by atoms with Gasteiger partial charge in [0.25, 0.3) is 0 Å². The zero-order valence-electron chi connectivity index (χ0n) is 15.6. The molecule has 0 amide bonds. The number of nitrogens with one attached hydrogen (secondary N) is 1. The van der Waals surface area contributed by atoms with Gasteiger partial charge in [-0.05, 0) is 36.8 Å². The Morgan fingerprint density at radius 1 is 1.04 bits per heavy atom. The summed E-state index contributed by atoms with van der Waals surface area (Å²) in [5, 5.41) is 0. The Morgan fingerprint density at radius 3 is 2.20 bits per heavy atom. The number of Topliss-reactive ketones (excluding diaryl/α,β-unsaturated/α-hetero) is 2. The highest BCUT2D eigenvalue weighted by atomic mass is 16.6. The van der Waals surface area contributed by atoms with Gasteiger partial charge in [-0.1, -0.05) is 51.0 Å². The third kappa shape index (κ3) is 5.02. The molecule has 2 rings (SSSR count). The number of carbonyl (C=O) groups is 2. The second-order valence-corrected chi connectivity index (χ2v) is 6.58. The molecule has 0 radical (unpaired) electrons. The number of hydrogen-bond acceptors (Lipinski definition) is 4. The van der Waals surface area contributed by atoms with E-state index in [1.54, 1.807) is 0 Å². The van der Waals surface area contributed by atoms with E-state index < -0.39 is 0 Å². The van der Waals surface area contributed by atoms with E-state index in [2.05, 4.69) is 36.7 Å². The number of carbonyl (C=O) groups excluding carboxylic acids is 2. The van der Waals surface area contributed by atoms with Gasteiger partial charge < -0.3 is 0 Å². The van der Waals surface area contributed by atoms with Crippen molar-refractivity contribution in [3.63, 3.8) is 0 Å². The van der Waals surface area contributed by atoms with Gasteiger partial charge in [-0.15, -0.1) is 0 Å². The zero-order chi connectivity index (χ0) is 18.2. The molecule has 0 unspecified atom stereocenters. The molecule has 1 aliphatic carbocycles. The number of aryl methyl sites for hydroxylation is 1. The van der Waals surface area contributed by atoms with Crippen LogP contribution in [0.15, 0.2) is 35.5 Å². The maximum absolute atomic E-state index is 12.7. The topological polar surface area (TPSA) is 55.4 Å². The fourth-order valence-electron chi connectivity index (χ4n) is 3.33. The Kier molecular flexibility index (Phi) is 7.38. The summed E-state index contributed by atoms with van der Waals surface area (Å²) in [6.07, 6.45) is 4.43. The predicted octanol–water partition coefficient (Wildman–Crippen LogP) is 4.25. The number of ketones is 2. The molecule has 4 heteroatoms. The highest BCUT2D eigenvalue weighted by Gasteiger charge is 2.33. The van der Waals surface area contributed by atoms with Crippen LogP contribution in [0.3, 0.4) is 0 Å². The van der Waals surface area contributed by atoms with E-state index in [0.29, 0.717) is 37.1 Å². The molecule has 1 aromatic rings. The Hall–Kier alpha value is -1.94. The molecule has 0 heterocycles. The number of hydrogen-bond donors (Lipinski definition) is 1. The van der Waals surface area contributed by atoms with Gasteiger partial charge in [0.2, 0.25) is 0 Å². The number of benzene rings is 1. The lowest BCUT2D eigenvalue weighted by atomic mass is 9.79. The van der Waals surface area contributed by atoms with Crippen molar-refractivity contribution in [3.8, 4) is 0 Å². The highest BCUT2D eigenvalue weighted by Crippen LogP contribution is 2.33. The van der Waals surface area contributed by atoms with Gasteiger partial charge in [-0.2, -0.15) is 0 Å². The summed E-state index contributed by atoms with van der Waals surface area (Å²) in [5.41, 5.74) is 6.14. The van der Waals surface area contributed by atoms with Crippen LogP contribution in [0.4, 0.5) is 0 Å². The maximum Gasteiger partial charge on any atom is 0.168 e. The molecule has 0 saturated heterocycles. The van der Waals surface area contributed by atoms with E-state index in [1.807, 2.05) is 13.8 Å². The minimum absolute atomic E-state index is 0.0191. The Labute approximate surface area is 150 Å². The van der Waals surface area contributed by atoms with Gasteiger partial charge in [0.05, 0.1) is 17.9 Å². The average Bonchev–Trinajstić information content (AvgIpc) is 2.60. The molecule has 0 aliphatic heterocycles. The molecule has 1 N–H and O–H groups in total. The van der Waals surface area contributed by atoms with Gasteiger partial charge in [-0.25, -0.2) is 0 Å². The van der Waals surface area contributed by atoms with Crippen LogP contribution >= 0.6 is 0 Å². The van der Waals surface area contributed by atoms with Gasteiger partial charge >= 0.3 is 0 Å². The first-order chi connectivity index (χ1) is 12.1. The van der Waals surface area contributed by atoms with Gasteiger partial charge in [-0.3, -0.25) is 19.9 Å². The maximum atomic E-state index is 12.7. The lowest BCUT2D eigenvalue weighted by Gasteiger charge is -2.25. The summed E-state index contributed by atoms with van der Waals surface area (Å²) >= 11 is 0. The Morgan fingerprint density at radius 2 is 1.68 bits per heavy atom. The lowest BCUT2D eigenvalue weighted by Crippen LogP contribution is -2.29. The third-order valence-electron chi connectivity index (χ3n) is 4.55. The zero-order valence-corrected chi connectivity index (χ0v) is 15.6. The molecule has 1 fully saturated rings. The van der Waals surface area contributed by atoms with Crippen molar-refractivity contribution in [2.45, 2.75) is 65.2 Å².